The highest BCUT2D eigenvalue weighted by molar-refractivity contribution is 7.92. The van der Waals surface area contributed by atoms with E-state index in [1.165, 1.54) is 5.38 Å². The maximum absolute atomic E-state index is 11.9. The molecule has 0 bridgehead atoms. The molecule has 2 rings (SSSR count). The molecule has 0 radical (unpaired) electrons. The fraction of sp³-hybridized carbons (Fsp3) is 0.167. The Kier molecular flexibility index (Phi) is 4.35. The number of rotatable bonds is 6. The predicted octanol–water partition coefficient (Wildman–Crippen LogP) is 1.71. The number of thiazole rings is 1. The Morgan fingerprint density at radius 3 is 2.65 bits per heavy atom. The number of hydrogen-bond acceptors (Lipinski definition) is 5. The van der Waals surface area contributed by atoms with Crippen molar-refractivity contribution in [3.63, 3.8) is 0 Å². The van der Waals surface area contributed by atoms with Crippen LogP contribution in [0, 0.1) is 0 Å². The SMILES string of the molecule is O=C(O)Cc1csc(NS(=O)(=O)Cc2ccccc2)n1. The van der Waals surface area contributed by atoms with Crippen LogP contribution in [-0.4, -0.2) is 24.5 Å². The second-order valence-corrected chi connectivity index (χ2v) is 6.64. The third-order valence-electron chi connectivity index (χ3n) is 2.33. The lowest BCUT2D eigenvalue weighted by Crippen LogP contribution is -2.15. The highest BCUT2D eigenvalue weighted by Gasteiger charge is 2.14. The van der Waals surface area contributed by atoms with Gasteiger partial charge in [-0.25, -0.2) is 13.4 Å². The highest BCUT2D eigenvalue weighted by atomic mass is 32.2. The zero-order chi connectivity index (χ0) is 14.6. The van der Waals surface area contributed by atoms with Crippen LogP contribution >= 0.6 is 11.3 Å². The summed E-state index contributed by atoms with van der Waals surface area (Å²) in [5.74, 6) is -1.16. The molecule has 0 spiro atoms. The van der Waals surface area contributed by atoms with Crippen LogP contribution in [0.1, 0.15) is 11.3 Å². The molecule has 2 N–H and O–H groups in total. The molecule has 0 saturated carbocycles. The van der Waals surface area contributed by atoms with E-state index in [1.807, 2.05) is 6.07 Å². The Morgan fingerprint density at radius 1 is 1.30 bits per heavy atom. The Morgan fingerprint density at radius 2 is 2.00 bits per heavy atom. The number of carboxylic acids is 1. The molecular weight excluding hydrogens is 300 g/mol. The number of aromatic nitrogens is 1. The molecule has 0 atom stereocenters. The van der Waals surface area contributed by atoms with Crippen molar-refractivity contribution in [2.75, 3.05) is 4.72 Å². The first kappa shape index (κ1) is 14.5. The largest absolute Gasteiger partial charge is 0.481 e. The number of nitrogens with zero attached hydrogens (tertiary/aromatic N) is 1. The summed E-state index contributed by atoms with van der Waals surface area (Å²) in [6.07, 6.45) is -0.225. The lowest BCUT2D eigenvalue weighted by atomic mass is 10.2. The van der Waals surface area contributed by atoms with Crippen molar-refractivity contribution < 1.29 is 18.3 Å². The molecule has 0 amide bonds. The van der Waals surface area contributed by atoms with Crippen molar-refractivity contribution in [1.82, 2.24) is 4.98 Å². The zero-order valence-electron chi connectivity index (χ0n) is 10.3. The van der Waals surface area contributed by atoms with Gasteiger partial charge in [-0.2, -0.15) is 0 Å². The van der Waals surface area contributed by atoms with Gasteiger partial charge in [0.2, 0.25) is 10.0 Å². The van der Waals surface area contributed by atoms with Crippen molar-refractivity contribution in [1.29, 1.82) is 0 Å². The van der Waals surface area contributed by atoms with Gasteiger partial charge in [0.25, 0.3) is 0 Å². The molecule has 20 heavy (non-hydrogen) atoms. The standard InChI is InChI=1S/C12H12N2O4S2/c15-11(16)6-10-7-19-12(13-10)14-20(17,18)8-9-4-2-1-3-5-9/h1-5,7H,6,8H2,(H,13,14)(H,15,16). The van der Waals surface area contributed by atoms with Crippen LogP contribution in [-0.2, 0) is 27.0 Å². The van der Waals surface area contributed by atoms with Gasteiger partial charge in [0.15, 0.2) is 5.13 Å². The molecule has 0 aliphatic carbocycles. The van der Waals surface area contributed by atoms with Crippen LogP contribution in [0.2, 0.25) is 0 Å². The smallest absolute Gasteiger partial charge is 0.309 e. The summed E-state index contributed by atoms with van der Waals surface area (Å²) in [5.41, 5.74) is 1.00. The average Bonchev–Trinajstić information content (AvgIpc) is 2.75. The van der Waals surface area contributed by atoms with Gasteiger partial charge in [-0.1, -0.05) is 30.3 Å². The van der Waals surface area contributed by atoms with E-state index in [4.69, 9.17) is 5.11 Å². The molecule has 0 unspecified atom stereocenters. The summed E-state index contributed by atoms with van der Waals surface area (Å²) >= 11 is 1.06. The number of nitrogens with one attached hydrogen (secondary N) is 1. The normalized spacial score (nSPS) is 11.2. The third kappa shape index (κ3) is 4.32. The maximum atomic E-state index is 11.9. The molecular formula is C12H12N2O4S2. The number of sulfonamides is 1. The molecule has 106 valence electrons. The lowest BCUT2D eigenvalue weighted by molar-refractivity contribution is -0.136. The van der Waals surface area contributed by atoms with E-state index < -0.39 is 16.0 Å². The summed E-state index contributed by atoms with van der Waals surface area (Å²) in [4.78, 5) is 14.5. The monoisotopic (exact) mass is 312 g/mol. The molecule has 0 aliphatic heterocycles. The maximum Gasteiger partial charge on any atom is 0.309 e. The van der Waals surface area contributed by atoms with Gasteiger partial charge in [-0.15, -0.1) is 11.3 Å². The first-order valence-corrected chi connectivity index (χ1v) is 8.18. The summed E-state index contributed by atoms with van der Waals surface area (Å²) in [6.45, 7) is 0. The minimum absolute atomic E-state index is 0.151. The minimum Gasteiger partial charge on any atom is -0.481 e. The summed E-state index contributed by atoms with van der Waals surface area (Å²) in [7, 11) is -3.55. The molecule has 0 saturated heterocycles. The molecule has 8 heteroatoms. The van der Waals surface area contributed by atoms with Crippen LogP contribution < -0.4 is 4.72 Å². The summed E-state index contributed by atoms with van der Waals surface area (Å²) in [6, 6.07) is 8.77. The van der Waals surface area contributed by atoms with Gasteiger partial charge in [0.1, 0.15) is 0 Å². The Labute approximate surface area is 120 Å². The number of carboxylic acid groups (broad SMARTS) is 1. The van der Waals surface area contributed by atoms with Crippen molar-refractivity contribution in [2.24, 2.45) is 0 Å². The van der Waals surface area contributed by atoms with Gasteiger partial charge in [0, 0.05) is 5.38 Å². The molecule has 1 heterocycles. The second-order valence-electron chi connectivity index (χ2n) is 4.06. The van der Waals surface area contributed by atoms with E-state index >= 15 is 0 Å². The number of aliphatic carboxylic acids is 1. The van der Waals surface area contributed by atoms with E-state index in [0.717, 1.165) is 11.3 Å². The zero-order valence-corrected chi connectivity index (χ0v) is 11.9. The number of carbonyl (C=O) groups is 1. The fourth-order valence-electron chi connectivity index (χ4n) is 1.55. The molecule has 0 aliphatic rings. The number of benzene rings is 1. The topological polar surface area (TPSA) is 96.4 Å². The summed E-state index contributed by atoms with van der Waals surface area (Å²) < 4.78 is 26.2. The lowest BCUT2D eigenvalue weighted by Gasteiger charge is -2.04. The van der Waals surface area contributed by atoms with E-state index in [1.54, 1.807) is 24.3 Å². The fourth-order valence-corrected chi connectivity index (χ4v) is 3.69. The van der Waals surface area contributed by atoms with Gasteiger partial charge >= 0.3 is 5.97 Å². The van der Waals surface area contributed by atoms with Crippen molar-refractivity contribution in [2.45, 2.75) is 12.2 Å². The van der Waals surface area contributed by atoms with Crippen LogP contribution in [0.3, 0.4) is 0 Å². The Hall–Kier alpha value is -1.93. The Balaban J connectivity index is 2.05. The van der Waals surface area contributed by atoms with Crippen molar-refractivity contribution in [3.05, 3.63) is 47.0 Å². The first-order valence-electron chi connectivity index (χ1n) is 5.65. The Bertz CT molecular complexity index is 695. The molecule has 1 aromatic heterocycles. The number of anilines is 1. The van der Waals surface area contributed by atoms with E-state index in [-0.39, 0.29) is 17.3 Å². The summed E-state index contributed by atoms with van der Waals surface area (Å²) in [5, 5.41) is 10.3. The van der Waals surface area contributed by atoms with Gasteiger partial charge < -0.3 is 5.11 Å². The van der Waals surface area contributed by atoms with Gasteiger partial charge in [-0.3, -0.25) is 9.52 Å². The number of hydrogen-bond donors (Lipinski definition) is 2. The van der Waals surface area contributed by atoms with Crippen molar-refractivity contribution >= 4 is 32.5 Å². The highest BCUT2D eigenvalue weighted by Crippen LogP contribution is 2.18. The van der Waals surface area contributed by atoms with E-state index in [9.17, 15) is 13.2 Å². The van der Waals surface area contributed by atoms with Crippen LogP contribution in [0.15, 0.2) is 35.7 Å². The predicted molar refractivity (Wildman–Crippen MR) is 76.1 cm³/mol. The van der Waals surface area contributed by atoms with Crippen molar-refractivity contribution in [3.8, 4) is 0 Å². The molecule has 2 aromatic rings. The molecule has 1 aromatic carbocycles. The van der Waals surface area contributed by atoms with Crippen LogP contribution in [0.25, 0.3) is 0 Å². The first-order chi connectivity index (χ1) is 9.44. The van der Waals surface area contributed by atoms with Gasteiger partial charge in [-0.05, 0) is 5.56 Å². The average molecular weight is 312 g/mol. The van der Waals surface area contributed by atoms with E-state index in [0.29, 0.717) is 11.3 Å². The van der Waals surface area contributed by atoms with Crippen LogP contribution in [0.5, 0.6) is 0 Å². The van der Waals surface area contributed by atoms with Gasteiger partial charge in [0.05, 0.1) is 17.9 Å². The van der Waals surface area contributed by atoms with E-state index in [2.05, 4.69) is 9.71 Å². The molecule has 0 fully saturated rings. The van der Waals surface area contributed by atoms with Crippen LogP contribution in [0.4, 0.5) is 5.13 Å². The minimum atomic E-state index is -3.55. The quantitative estimate of drug-likeness (QED) is 0.846. The second kappa shape index (κ2) is 6.02. The third-order valence-corrected chi connectivity index (χ3v) is 4.48. The molecule has 6 nitrogen and oxygen atoms in total.